The van der Waals surface area contributed by atoms with E-state index in [0.717, 1.165) is 31.5 Å². The maximum absolute atomic E-state index is 13.2. The van der Waals surface area contributed by atoms with Gasteiger partial charge in [-0.3, -0.25) is 4.90 Å². The maximum atomic E-state index is 13.2. The molecule has 0 radical (unpaired) electrons. The lowest BCUT2D eigenvalue weighted by Gasteiger charge is -2.40. The Balaban J connectivity index is 1.66. The van der Waals surface area contributed by atoms with Gasteiger partial charge in [0, 0.05) is 12.0 Å². The molecule has 4 heteroatoms. The topological polar surface area (TPSA) is 35.5 Å². The molecular weight excluding hydrogens is 315 g/mol. The highest BCUT2D eigenvalue weighted by Crippen LogP contribution is 2.51. The quantitative estimate of drug-likeness (QED) is 0.902. The van der Waals surface area contributed by atoms with Crippen LogP contribution in [0.4, 0.5) is 4.39 Å². The number of likely N-dealkylation sites (N-methyl/N-ethyl adjacent to an activating group) is 1. The lowest BCUT2D eigenvalue weighted by atomic mass is 9.72. The number of aliphatic hydroxyl groups excluding tert-OH is 1. The number of hydrogen-bond donors (Lipinski definition) is 2. The molecule has 25 heavy (non-hydrogen) atoms. The van der Waals surface area contributed by atoms with Crippen LogP contribution in [0.1, 0.15) is 35.6 Å². The Hall–Kier alpha value is -1.75. The highest BCUT2D eigenvalue weighted by atomic mass is 19.1. The molecule has 1 spiro atoms. The van der Waals surface area contributed by atoms with Crippen molar-refractivity contribution in [2.75, 3.05) is 20.1 Å². The van der Waals surface area contributed by atoms with Gasteiger partial charge in [-0.25, -0.2) is 4.39 Å². The molecule has 0 aromatic heterocycles. The van der Waals surface area contributed by atoms with Crippen molar-refractivity contribution in [1.82, 2.24) is 10.2 Å². The number of benzene rings is 2. The molecule has 2 aliphatic rings. The Kier molecular flexibility index (Phi) is 4.36. The summed E-state index contributed by atoms with van der Waals surface area (Å²) in [4.78, 5) is 2.20. The summed E-state index contributed by atoms with van der Waals surface area (Å²) < 4.78 is 13.2. The largest absolute Gasteiger partial charge is 0.390 e. The summed E-state index contributed by atoms with van der Waals surface area (Å²) in [6.45, 7) is 2.57. The van der Waals surface area contributed by atoms with Crippen LogP contribution < -0.4 is 5.32 Å². The molecule has 2 aromatic carbocycles. The Morgan fingerprint density at radius 1 is 1.12 bits per heavy atom. The van der Waals surface area contributed by atoms with E-state index < -0.39 is 6.10 Å². The van der Waals surface area contributed by atoms with Crippen molar-refractivity contribution < 1.29 is 9.50 Å². The van der Waals surface area contributed by atoms with E-state index >= 15 is 0 Å². The molecule has 1 saturated heterocycles. The first kappa shape index (κ1) is 16.7. The zero-order valence-electron chi connectivity index (χ0n) is 14.6. The van der Waals surface area contributed by atoms with Gasteiger partial charge in [0.25, 0.3) is 0 Å². The maximum Gasteiger partial charge on any atom is 0.123 e. The normalized spacial score (nSPS) is 24.6. The fourth-order valence-electron chi connectivity index (χ4n) is 4.73. The molecule has 132 valence electrons. The fraction of sp³-hybridized carbons (Fsp3) is 0.429. The van der Waals surface area contributed by atoms with Crippen LogP contribution in [-0.2, 0) is 12.0 Å². The molecule has 4 rings (SSSR count). The molecule has 2 N–H and O–H groups in total. The van der Waals surface area contributed by atoms with Gasteiger partial charge in [-0.1, -0.05) is 36.4 Å². The highest BCUT2D eigenvalue weighted by Gasteiger charge is 2.52. The number of piperidine rings is 1. The third-order valence-corrected chi connectivity index (χ3v) is 6.00. The van der Waals surface area contributed by atoms with Gasteiger partial charge >= 0.3 is 0 Å². The fourth-order valence-corrected chi connectivity index (χ4v) is 4.73. The summed E-state index contributed by atoms with van der Waals surface area (Å²) in [6, 6.07) is 15.1. The van der Waals surface area contributed by atoms with Crippen molar-refractivity contribution in [3.63, 3.8) is 0 Å². The third-order valence-electron chi connectivity index (χ3n) is 6.00. The number of halogens is 1. The van der Waals surface area contributed by atoms with Crippen LogP contribution in [0, 0.1) is 5.82 Å². The van der Waals surface area contributed by atoms with E-state index in [2.05, 4.69) is 34.5 Å². The average molecular weight is 340 g/mol. The van der Waals surface area contributed by atoms with Crippen LogP contribution in [-0.4, -0.2) is 36.2 Å². The van der Waals surface area contributed by atoms with Crippen molar-refractivity contribution in [3.8, 4) is 0 Å². The Labute approximate surface area is 148 Å². The van der Waals surface area contributed by atoms with Crippen LogP contribution in [0.25, 0.3) is 0 Å². The minimum Gasteiger partial charge on any atom is -0.390 e. The average Bonchev–Trinajstić information content (AvgIpc) is 2.87. The van der Waals surface area contributed by atoms with Gasteiger partial charge in [-0.15, -0.1) is 0 Å². The van der Waals surface area contributed by atoms with Gasteiger partial charge < -0.3 is 10.4 Å². The summed E-state index contributed by atoms with van der Waals surface area (Å²) >= 11 is 0. The Morgan fingerprint density at radius 3 is 2.52 bits per heavy atom. The standard InChI is InChI=1S/C21H25FN2O/c1-24(14-15-6-8-16(22)9-7-15)19-17-4-2-3-5-18(17)21(20(19)25)10-12-23-13-11-21/h2-9,19-20,23,25H,10-14H2,1H3/t19-,20+/m0/s1. The van der Waals surface area contributed by atoms with E-state index in [1.807, 2.05) is 19.2 Å². The van der Waals surface area contributed by atoms with E-state index in [1.165, 1.54) is 23.3 Å². The van der Waals surface area contributed by atoms with Crippen LogP contribution in [0.15, 0.2) is 48.5 Å². The number of rotatable bonds is 3. The first-order valence-electron chi connectivity index (χ1n) is 9.05. The van der Waals surface area contributed by atoms with Gasteiger partial charge in [0.1, 0.15) is 5.82 Å². The van der Waals surface area contributed by atoms with Gasteiger partial charge in [-0.2, -0.15) is 0 Å². The molecule has 0 saturated carbocycles. The zero-order valence-corrected chi connectivity index (χ0v) is 14.6. The summed E-state index contributed by atoms with van der Waals surface area (Å²) in [5, 5.41) is 14.8. The number of hydrogen-bond acceptors (Lipinski definition) is 3. The molecule has 0 amide bonds. The zero-order chi connectivity index (χ0) is 17.4. The molecule has 1 fully saturated rings. The van der Waals surface area contributed by atoms with E-state index in [0.29, 0.717) is 6.54 Å². The first-order chi connectivity index (χ1) is 12.1. The molecule has 0 bridgehead atoms. The van der Waals surface area contributed by atoms with Gasteiger partial charge in [0.2, 0.25) is 0 Å². The van der Waals surface area contributed by atoms with Crippen LogP contribution in [0.2, 0.25) is 0 Å². The van der Waals surface area contributed by atoms with Crippen molar-refractivity contribution >= 4 is 0 Å². The Bertz CT molecular complexity index is 740. The van der Waals surface area contributed by atoms with E-state index in [9.17, 15) is 9.50 Å². The predicted octanol–water partition coefficient (Wildman–Crippen LogP) is 2.99. The molecule has 2 atom stereocenters. The lowest BCUT2D eigenvalue weighted by molar-refractivity contribution is 0.00419. The van der Waals surface area contributed by atoms with Crippen LogP contribution in [0.5, 0.6) is 0 Å². The minimum atomic E-state index is -0.419. The number of fused-ring (bicyclic) bond motifs is 2. The van der Waals surface area contributed by atoms with E-state index in [1.54, 1.807) is 0 Å². The second-order valence-corrected chi connectivity index (χ2v) is 7.42. The predicted molar refractivity (Wildman–Crippen MR) is 96.8 cm³/mol. The number of nitrogens with zero attached hydrogens (tertiary/aromatic N) is 1. The second-order valence-electron chi connectivity index (χ2n) is 7.42. The molecule has 1 aliphatic heterocycles. The SMILES string of the molecule is CN(Cc1ccc(F)cc1)[C@H]1c2ccccc2C2(CCNCC2)[C@@H]1O. The van der Waals surface area contributed by atoms with Crippen molar-refractivity contribution in [2.24, 2.45) is 0 Å². The van der Waals surface area contributed by atoms with Gasteiger partial charge in [0.05, 0.1) is 12.1 Å². The van der Waals surface area contributed by atoms with Crippen molar-refractivity contribution in [2.45, 2.75) is 36.9 Å². The highest BCUT2D eigenvalue weighted by molar-refractivity contribution is 5.45. The summed E-state index contributed by atoms with van der Waals surface area (Å²) in [5.41, 5.74) is 3.45. The smallest absolute Gasteiger partial charge is 0.123 e. The first-order valence-corrected chi connectivity index (χ1v) is 9.05. The number of nitrogens with one attached hydrogen (secondary N) is 1. The van der Waals surface area contributed by atoms with Crippen molar-refractivity contribution in [1.29, 1.82) is 0 Å². The third kappa shape index (κ3) is 2.78. The lowest BCUT2D eigenvalue weighted by Crippen LogP contribution is -2.48. The molecule has 1 aliphatic carbocycles. The Morgan fingerprint density at radius 2 is 1.80 bits per heavy atom. The van der Waals surface area contributed by atoms with Crippen LogP contribution >= 0.6 is 0 Å². The molecule has 3 nitrogen and oxygen atoms in total. The number of aliphatic hydroxyl groups is 1. The van der Waals surface area contributed by atoms with E-state index in [-0.39, 0.29) is 17.3 Å². The van der Waals surface area contributed by atoms with Crippen molar-refractivity contribution in [3.05, 3.63) is 71.0 Å². The summed E-state index contributed by atoms with van der Waals surface area (Å²) in [6.07, 6.45) is 1.51. The molecule has 2 aromatic rings. The molecular formula is C21H25FN2O. The molecule has 1 heterocycles. The van der Waals surface area contributed by atoms with Gasteiger partial charge in [0.15, 0.2) is 0 Å². The van der Waals surface area contributed by atoms with E-state index in [4.69, 9.17) is 0 Å². The summed E-state index contributed by atoms with van der Waals surface area (Å²) in [5.74, 6) is -0.216. The van der Waals surface area contributed by atoms with Crippen LogP contribution in [0.3, 0.4) is 0 Å². The monoisotopic (exact) mass is 340 g/mol. The second kappa shape index (κ2) is 6.52. The summed E-state index contributed by atoms with van der Waals surface area (Å²) in [7, 11) is 2.05. The minimum absolute atomic E-state index is 0.0284. The molecule has 0 unspecified atom stereocenters. The van der Waals surface area contributed by atoms with Gasteiger partial charge in [-0.05, 0) is 61.8 Å².